The van der Waals surface area contributed by atoms with E-state index in [1.54, 1.807) is 23.1 Å². The highest BCUT2D eigenvalue weighted by Crippen LogP contribution is 2.21. The Morgan fingerprint density at radius 3 is 2.63 bits per heavy atom. The quantitative estimate of drug-likeness (QED) is 0.832. The lowest BCUT2D eigenvalue weighted by atomic mass is 9.99. The van der Waals surface area contributed by atoms with Crippen molar-refractivity contribution in [1.29, 1.82) is 0 Å². The molecule has 1 aromatic rings. The fourth-order valence-electron chi connectivity index (χ4n) is 2.51. The van der Waals surface area contributed by atoms with Crippen LogP contribution in [-0.4, -0.2) is 38.6 Å². The summed E-state index contributed by atoms with van der Waals surface area (Å²) in [4.78, 5) is 14.4. The zero-order valence-corrected chi connectivity index (χ0v) is 12.1. The average molecular weight is 281 g/mol. The molecule has 0 bridgehead atoms. The lowest BCUT2D eigenvalue weighted by Crippen LogP contribution is -2.39. The molecule has 4 nitrogen and oxygen atoms in total. The molecule has 1 saturated heterocycles. The number of carbonyl (C=O) groups excluding carboxylic acids is 1. The van der Waals surface area contributed by atoms with Gasteiger partial charge in [0.05, 0.1) is 10.5 Å². The number of likely N-dealkylation sites (tertiary alicyclic amines) is 1. The van der Waals surface area contributed by atoms with Crippen LogP contribution in [0.4, 0.5) is 0 Å². The first-order valence-corrected chi connectivity index (χ1v) is 8.37. The highest BCUT2D eigenvalue weighted by Gasteiger charge is 2.25. The Morgan fingerprint density at radius 2 is 2.00 bits per heavy atom. The Hall–Kier alpha value is -1.36. The van der Waals surface area contributed by atoms with Crippen LogP contribution in [0, 0.1) is 5.92 Å². The van der Waals surface area contributed by atoms with Crippen LogP contribution in [-0.2, 0) is 9.84 Å². The summed E-state index contributed by atoms with van der Waals surface area (Å²) in [7, 11) is -3.38. The second-order valence-corrected chi connectivity index (χ2v) is 7.25. The van der Waals surface area contributed by atoms with Crippen molar-refractivity contribution in [1.82, 2.24) is 4.90 Å². The van der Waals surface area contributed by atoms with E-state index in [1.807, 2.05) is 0 Å². The van der Waals surface area contributed by atoms with Gasteiger partial charge in [-0.25, -0.2) is 8.42 Å². The average Bonchev–Trinajstić information content (AvgIpc) is 2.37. The van der Waals surface area contributed by atoms with Gasteiger partial charge in [0.25, 0.3) is 5.91 Å². The monoisotopic (exact) mass is 281 g/mol. The fourth-order valence-corrected chi connectivity index (χ4v) is 3.39. The standard InChI is InChI=1S/C14H19NO3S/c1-11-6-5-9-15(10-11)14(16)12-7-3-4-8-13(12)19(2,17)18/h3-4,7-8,11H,5-6,9-10H2,1-2H3. The zero-order valence-electron chi connectivity index (χ0n) is 11.3. The van der Waals surface area contributed by atoms with E-state index in [2.05, 4.69) is 6.92 Å². The molecule has 0 radical (unpaired) electrons. The van der Waals surface area contributed by atoms with Crippen molar-refractivity contribution in [3.63, 3.8) is 0 Å². The number of benzene rings is 1. The van der Waals surface area contributed by atoms with Crippen LogP contribution < -0.4 is 0 Å². The van der Waals surface area contributed by atoms with Gasteiger partial charge in [-0.3, -0.25) is 4.79 Å². The van der Waals surface area contributed by atoms with Crippen LogP contribution in [0.2, 0.25) is 0 Å². The van der Waals surface area contributed by atoms with Gasteiger partial charge in [-0.05, 0) is 30.9 Å². The highest BCUT2D eigenvalue weighted by molar-refractivity contribution is 7.90. The normalized spacial score (nSPS) is 20.3. The van der Waals surface area contributed by atoms with Gasteiger partial charge in [0, 0.05) is 19.3 Å². The van der Waals surface area contributed by atoms with Crippen molar-refractivity contribution in [3.8, 4) is 0 Å². The number of hydrogen-bond acceptors (Lipinski definition) is 3. The predicted octanol–water partition coefficient (Wildman–Crippen LogP) is 1.96. The molecule has 0 aliphatic carbocycles. The summed E-state index contributed by atoms with van der Waals surface area (Å²) in [6.07, 6.45) is 3.24. The molecule has 1 unspecified atom stereocenters. The Bertz CT molecular complexity index is 580. The van der Waals surface area contributed by atoms with Crippen LogP contribution >= 0.6 is 0 Å². The van der Waals surface area contributed by atoms with E-state index in [1.165, 1.54) is 6.07 Å². The van der Waals surface area contributed by atoms with Crippen LogP contribution in [0.3, 0.4) is 0 Å². The van der Waals surface area contributed by atoms with E-state index >= 15 is 0 Å². The Kier molecular flexibility index (Phi) is 3.94. The van der Waals surface area contributed by atoms with E-state index in [9.17, 15) is 13.2 Å². The molecule has 1 heterocycles. The maximum Gasteiger partial charge on any atom is 0.255 e. The molecular formula is C14H19NO3S. The number of amides is 1. The molecule has 0 spiro atoms. The molecule has 0 aromatic heterocycles. The van der Waals surface area contributed by atoms with Gasteiger partial charge < -0.3 is 4.90 Å². The topological polar surface area (TPSA) is 54.5 Å². The molecule has 0 N–H and O–H groups in total. The van der Waals surface area contributed by atoms with Gasteiger partial charge in [0.1, 0.15) is 0 Å². The van der Waals surface area contributed by atoms with Gasteiger partial charge in [-0.15, -0.1) is 0 Å². The van der Waals surface area contributed by atoms with Crippen LogP contribution in [0.5, 0.6) is 0 Å². The second-order valence-electron chi connectivity index (χ2n) is 5.27. The molecule has 1 aliphatic heterocycles. The molecule has 1 atom stereocenters. The second kappa shape index (κ2) is 5.33. The summed E-state index contributed by atoms with van der Waals surface area (Å²) in [5.74, 6) is 0.302. The molecule has 2 rings (SSSR count). The summed E-state index contributed by atoms with van der Waals surface area (Å²) in [5.41, 5.74) is 0.291. The first-order valence-electron chi connectivity index (χ1n) is 6.48. The number of piperidine rings is 1. The van der Waals surface area contributed by atoms with Crippen molar-refractivity contribution in [2.24, 2.45) is 5.92 Å². The molecule has 19 heavy (non-hydrogen) atoms. The predicted molar refractivity (Wildman–Crippen MR) is 73.9 cm³/mol. The van der Waals surface area contributed by atoms with E-state index in [-0.39, 0.29) is 10.8 Å². The van der Waals surface area contributed by atoms with Gasteiger partial charge in [0.2, 0.25) is 0 Å². The van der Waals surface area contributed by atoms with Crippen LogP contribution in [0.25, 0.3) is 0 Å². The lowest BCUT2D eigenvalue weighted by Gasteiger charge is -2.31. The first kappa shape index (κ1) is 14.1. The largest absolute Gasteiger partial charge is 0.338 e. The Morgan fingerprint density at radius 1 is 1.32 bits per heavy atom. The lowest BCUT2D eigenvalue weighted by molar-refractivity contribution is 0.0679. The minimum atomic E-state index is -3.38. The van der Waals surface area contributed by atoms with Crippen molar-refractivity contribution in [3.05, 3.63) is 29.8 Å². The summed E-state index contributed by atoms with van der Waals surface area (Å²) in [5, 5.41) is 0. The van der Waals surface area contributed by atoms with E-state index in [4.69, 9.17) is 0 Å². The van der Waals surface area contributed by atoms with Crippen molar-refractivity contribution < 1.29 is 13.2 Å². The van der Waals surface area contributed by atoms with Gasteiger partial charge in [-0.2, -0.15) is 0 Å². The maximum absolute atomic E-state index is 12.5. The minimum absolute atomic E-state index is 0.123. The Labute approximate surface area is 114 Å². The van der Waals surface area contributed by atoms with Crippen molar-refractivity contribution in [2.75, 3.05) is 19.3 Å². The molecule has 1 aliphatic rings. The highest BCUT2D eigenvalue weighted by atomic mass is 32.2. The van der Waals surface area contributed by atoms with Gasteiger partial charge >= 0.3 is 0 Å². The smallest absolute Gasteiger partial charge is 0.255 e. The molecule has 0 saturated carbocycles. The van der Waals surface area contributed by atoms with Gasteiger partial charge in [0.15, 0.2) is 9.84 Å². The summed E-state index contributed by atoms with van der Waals surface area (Å²) in [6, 6.07) is 6.44. The third kappa shape index (κ3) is 3.15. The number of carbonyl (C=O) groups is 1. The minimum Gasteiger partial charge on any atom is -0.338 e. The molecule has 1 aromatic carbocycles. The van der Waals surface area contributed by atoms with E-state index in [0.29, 0.717) is 24.6 Å². The van der Waals surface area contributed by atoms with E-state index < -0.39 is 9.84 Å². The van der Waals surface area contributed by atoms with Crippen molar-refractivity contribution >= 4 is 15.7 Å². The third-order valence-electron chi connectivity index (χ3n) is 3.46. The zero-order chi connectivity index (χ0) is 14.0. The third-order valence-corrected chi connectivity index (χ3v) is 4.62. The molecule has 104 valence electrons. The van der Waals surface area contributed by atoms with Crippen LogP contribution in [0.15, 0.2) is 29.2 Å². The first-order chi connectivity index (χ1) is 8.89. The summed E-state index contributed by atoms with van der Waals surface area (Å²) < 4.78 is 23.5. The van der Waals surface area contributed by atoms with Crippen LogP contribution in [0.1, 0.15) is 30.1 Å². The summed E-state index contributed by atoms with van der Waals surface area (Å²) in [6.45, 7) is 3.53. The number of nitrogens with zero attached hydrogens (tertiary/aromatic N) is 1. The molecule has 5 heteroatoms. The number of sulfone groups is 1. The van der Waals surface area contributed by atoms with E-state index in [0.717, 1.165) is 19.1 Å². The maximum atomic E-state index is 12.5. The molecule has 1 amide bonds. The molecular weight excluding hydrogens is 262 g/mol. The number of hydrogen-bond donors (Lipinski definition) is 0. The summed E-state index contributed by atoms with van der Waals surface area (Å²) >= 11 is 0. The van der Waals surface area contributed by atoms with Gasteiger partial charge in [-0.1, -0.05) is 19.1 Å². The van der Waals surface area contributed by atoms with Crippen molar-refractivity contribution in [2.45, 2.75) is 24.7 Å². The fraction of sp³-hybridized carbons (Fsp3) is 0.500. The SMILES string of the molecule is CC1CCCN(C(=O)c2ccccc2S(C)(=O)=O)C1. The Balaban J connectivity index is 2.34. The molecule has 1 fully saturated rings. The number of rotatable bonds is 2.